The number of rotatable bonds is 8. The molecule has 266 valence electrons. The molecule has 50 heavy (non-hydrogen) atoms. The molecule has 0 amide bonds. The van der Waals surface area contributed by atoms with E-state index in [0.717, 1.165) is 11.4 Å². The zero-order chi connectivity index (χ0) is 35.0. The van der Waals surface area contributed by atoms with Crippen molar-refractivity contribution in [3.8, 4) is 22.5 Å². The molecule has 2 aliphatic rings. The summed E-state index contributed by atoms with van der Waals surface area (Å²) in [5.41, 5.74) is 13.8. The van der Waals surface area contributed by atoms with Crippen LogP contribution in [0.4, 0.5) is 0 Å². The van der Waals surface area contributed by atoms with Gasteiger partial charge >= 0.3 is 297 Å². The van der Waals surface area contributed by atoms with E-state index in [9.17, 15) is 0 Å². The van der Waals surface area contributed by atoms with Crippen LogP contribution in [0, 0.1) is 0 Å². The number of pyridine rings is 2. The monoisotopic (exact) mass is 924 g/mol. The Kier molecular flexibility index (Phi) is 11.7. The van der Waals surface area contributed by atoms with Crippen molar-refractivity contribution in [1.82, 2.24) is 9.97 Å². The quantitative estimate of drug-likeness (QED) is 0.165. The van der Waals surface area contributed by atoms with Crippen molar-refractivity contribution in [2.45, 2.75) is 95.5 Å². The van der Waals surface area contributed by atoms with E-state index in [4.69, 9.17) is 9.97 Å². The maximum absolute atomic E-state index is 4.93. The zero-order valence-electron chi connectivity index (χ0n) is 32.3. The van der Waals surface area contributed by atoms with Crippen molar-refractivity contribution >= 4 is 60.1 Å². The Balaban J connectivity index is 0.00000281. The molecule has 8 heteroatoms. The van der Waals surface area contributed by atoms with Gasteiger partial charge in [-0.25, -0.2) is 0 Å². The van der Waals surface area contributed by atoms with Crippen molar-refractivity contribution in [1.29, 1.82) is 0 Å². The molecule has 2 atom stereocenters. The summed E-state index contributed by atoms with van der Waals surface area (Å²) in [7, 11) is -3.46. The van der Waals surface area contributed by atoms with E-state index in [-0.39, 0.29) is 24.8 Å². The molecule has 0 saturated heterocycles. The molecule has 2 aromatic heterocycles. The van der Waals surface area contributed by atoms with Crippen LogP contribution in [0.3, 0.4) is 0 Å². The molecule has 2 nitrogen and oxygen atoms in total. The van der Waals surface area contributed by atoms with Crippen LogP contribution in [-0.4, -0.2) is 33.1 Å². The smallest absolute Gasteiger partial charge is 0.147 e. The minimum Gasteiger partial charge on any atom is -0.147 e. The van der Waals surface area contributed by atoms with Gasteiger partial charge in [-0.2, -0.15) is 0 Å². The van der Waals surface area contributed by atoms with Gasteiger partial charge in [0.1, 0.15) is 0 Å². The van der Waals surface area contributed by atoms with Gasteiger partial charge in [-0.3, -0.25) is 0 Å². The van der Waals surface area contributed by atoms with E-state index >= 15 is 0 Å². The number of nitrogens with zero attached hydrogens (tertiary/aromatic N) is 2. The molecule has 2 aliphatic carbocycles. The number of benzene rings is 2. The van der Waals surface area contributed by atoms with E-state index in [1.54, 1.807) is 21.5 Å². The van der Waals surface area contributed by atoms with Crippen LogP contribution in [0.1, 0.15) is 80.3 Å². The fraction of sp³-hybridized carbons (Fsp3) is 0.381. The van der Waals surface area contributed by atoms with E-state index in [2.05, 4.69) is 144 Å². The third kappa shape index (κ3) is 7.28. The van der Waals surface area contributed by atoms with Crippen molar-refractivity contribution in [2.75, 3.05) is 0 Å². The van der Waals surface area contributed by atoms with Crippen LogP contribution in [0.25, 0.3) is 34.7 Å². The predicted molar refractivity (Wildman–Crippen MR) is 230 cm³/mol. The van der Waals surface area contributed by atoms with Gasteiger partial charge in [0.05, 0.1) is 0 Å². The number of aromatic nitrogens is 2. The summed E-state index contributed by atoms with van der Waals surface area (Å²) < 4.78 is 6.70. The van der Waals surface area contributed by atoms with E-state index in [1.807, 2.05) is 24.5 Å². The summed E-state index contributed by atoms with van der Waals surface area (Å²) in [6.07, 6.45) is 9.26. The van der Waals surface area contributed by atoms with Crippen LogP contribution in [0.2, 0.25) is 48.6 Å². The second-order valence-corrected chi connectivity index (χ2v) is 72.0. The van der Waals surface area contributed by atoms with Crippen molar-refractivity contribution in [3.05, 3.63) is 117 Å². The zero-order valence-corrected chi connectivity index (χ0v) is 41.0. The molecule has 4 aromatic rings. The molecule has 0 fully saturated rings. The van der Waals surface area contributed by atoms with Crippen molar-refractivity contribution in [2.24, 2.45) is 0 Å². The first kappa shape index (κ1) is 41.1. The number of allylic oxidation sites excluding steroid dienone is 2. The van der Waals surface area contributed by atoms with Gasteiger partial charge in [-0.15, -0.1) is 24.8 Å². The number of halogens is 2. The summed E-state index contributed by atoms with van der Waals surface area (Å²) in [4.78, 5) is 9.85. The average molecular weight is 925 g/mol. The minimum atomic E-state index is -4.08. The summed E-state index contributed by atoms with van der Waals surface area (Å²) in [6, 6.07) is 23.0. The van der Waals surface area contributed by atoms with Crippen molar-refractivity contribution in [3.63, 3.8) is 0 Å². The Hall–Kier alpha value is -1.68. The first-order chi connectivity index (χ1) is 22.3. The van der Waals surface area contributed by atoms with Crippen LogP contribution < -0.4 is 0 Å². The molecule has 2 heterocycles. The standard InChI is InChI=1S/2C20H24NSi.2CH3.2ClH.Hf.H2Si/c2*1-14(2)15-10-16-11-17(22(3,4)5)13-18(16)19(12-15)20-8-6-7-9-21-20;;;;;;/h2*6-14H,1-5H3;2*1H3;2*1H;;1H2. The van der Waals surface area contributed by atoms with Crippen LogP contribution in [0.15, 0.2) is 83.5 Å². The molecular formula is C42H58Cl2HfN2Si3. The molecule has 0 spiro atoms. The molecule has 2 unspecified atom stereocenters. The van der Waals surface area contributed by atoms with E-state index in [0.29, 0.717) is 19.2 Å². The fourth-order valence-corrected chi connectivity index (χ4v) is 57.7. The minimum absolute atomic E-state index is 0. The number of fused-ring (bicyclic) bond motifs is 2. The first-order valence-corrected chi connectivity index (χ1v) is 44.6. The summed E-state index contributed by atoms with van der Waals surface area (Å²) in [5.74, 6) is 0.895. The Morgan fingerprint density at radius 1 is 0.600 bits per heavy atom. The summed E-state index contributed by atoms with van der Waals surface area (Å²) in [6.45, 7) is 27.5. The van der Waals surface area contributed by atoms with Crippen molar-refractivity contribution < 1.29 is 17.1 Å². The molecule has 6 rings (SSSR count). The van der Waals surface area contributed by atoms with E-state index in [1.165, 1.54) is 33.4 Å². The summed E-state index contributed by atoms with van der Waals surface area (Å²) in [5, 5.41) is 3.53. The summed E-state index contributed by atoms with van der Waals surface area (Å²) >= 11 is -4.08. The molecule has 0 radical (unpaired) electrons. The first-order valence-electron chi connectivity index (χ1n) is 18.0. The maximum atomic E-state index is 4.93. The Morgan fingerprint density at radius 2 is 0.960 bits per heavy atom. The molecular weight excluding hydrogens is 866 g/mol. The van der Waals surface area contributed by atoms with E-state index < -0.39 is 33.3 Å². The second-order valence-electron chi connectivity index (χ2n) is 18.4. The number of hydrogen-bond acceptors (Lipinski definition) is 2. The molecule has 2 aromatic carbocycles. The van der Waals surface area contributed by atoms with Gasteiger partial charge in [-0.1, -0.05) is 0 Å². The molecule has 0 N–H and O–H groups in total. The van der Waals surface area contributed by atoms with Gasteiger partial charge < -0.3 is 0 Å². The molecule has 0 saturated carbocycles. The van der Waals surface area contributed by atoms with Gasteiger partial charge in [0.2, 0.25) is 0 Å². The SMILES string of the molecule is CC(C)c1cc(-c2ccccn2)c2c(c1)[CH]([Hf]([CH3])([CH3])(=[SiH2])[CH]1C([Si](C)(C)C)=Cc3c(-c4ccccn4)cc(C(C)C)cc31)C([Si](C)(C)C)=C2.Cl.Cl. The van der Waals surface area contributed by atoms with Crippen LogP contribution in [-0.2, 0) is 17.1 Å². The average Bonchev–Trinajstić information content (AvgIpc) is 3.62. The van der Waals surface area contributed by atoms with Gasteiger partial charge in [0.15, 0.2) is 0 Å². The molecule has 0 aliphatic heterocycles. The third-order valence-electron chi connectivity index (χ3n) is 11.2. The van der Waals surface area contributed by atoms with Gasteiger partial charge in [0, 0.05) is 0 Å². The number of hydrogen-bond donors (Lipinski definition) is 0. The fourth-order valence-electron chi connectivity index (χ4n) is 8.65. The third-order valence-corrected chi connectivity index (χ3v) is 42.3. The van der Waals surface area contributed by atoms with Crippen LogP contribution in [0.5, 0.6) is 0 Å². The maximum Gasteiger partial charge on any atom is -0.147 e. The normalized spacial score (nSPS) is 17.5. The Labute approximate surface area is 319 Å². The molecule has 0 bridgehead atoms. The van der Waals surface area contributed by atoms with Gasteiger partial charge in [-0.05, 0) is 0 Å². The predicted octanol–water partition coefficient (Wildman–Crippen LogP) is 12.6. The second kappa shape index (κ2) is 14.3. The topological polar surface area (TPSA) is 25.8 Å². The Morgan fingerprint density at radius 3 is 1.24 bits per heavy atom. The largest absolute Gasteiger partial charge is 0.147 e. The van der Waals surface area contributed by atoms with Crippen LogP contribution >= 0.6 is 24.8 Å². The Bertz CT molecular complexity index is 1890. The van der Waals surface area contributed by atoms with Gasteiger partial charge in [0.25, 0.3) is 0 Å².